The Kier molecular flexibility index (Phi) is 5.30. The van der Waals surface area contributed by atoms with E-state index in [1.165, 1.54) is 6.07 Å². The number of carbonyl (C=O) groups is 2. The molecule has 2 aromatic carbocycles. The monoisotopic (exact) mass is 341 g/mol. The smallest absolute Gasteiger partial charge is 0.339 e. The van der Waals surface area contributed by atoms with Crippen molar-refractivity contribution in [3.05, 3.63) is 65.2 Å². The van der Waals surface area contributed by atoms with Crippen molar-refractivity contribution in [2.24, 2.45) is 0 Å². The van der Waals surface area contributed by atoms with Crippen LogP contribution in [0.1, 0.15) is 26.3 Å². The van der Waals surface area contributed by atoms with Crippen LogP contribution in [0.15, 0.2) is 48.5 Å². The first kappa shape index (κ1) is 17.0. The summed E-state index contributed by atoms with van der Waals surface area (Å²) < 4.78 is 10.9. The fourth-order valence-corrected chi connectivity index (χ4v) is 2.64. The van der Waals surface area contributed by atoms with Crippen LogP contribution in [0.3, 0.4) is 0 Å². The van der Waals surface area contributed by atoms with Gasteiger partial charge in [0.1, 0.15) is 17.9 Å². The standard InChI is InChI=1S/C19H19NO5/c21-18(20-8-10-24-11-9-20)15-6-7-17(16(12-15)19(22)23)25-13-14-4-2-1-3-5-14/h1-7,12H,8-11,13H2,(H,22,23). The molecule has 0 atom stereocenters. The third-order valence-electron chi connectivity index (χ3n) is 3.99. The van der Waals surface area contributed by atoms with Gasteiger partial charge >= 0.3 is 5.97 Å². The van der Waals surface area contributed by atoms with Crippen LogP contribution >= 0.6 is 0 Å². The summed E-state index contributed by atoms with van der Waals surface area (Å²) in [7, 11) is 0. The Labute approximate surface area is 145 Å². The molecule has 0 aromatic heterocycles. The quantitative estimate of drug-likeness (QED) is 0.904. The van der Waals surface area contributed by atoms with Crippen molar-refractivity contribution < 1.29 is 24.2 Å². The van der Waals surface area contributed by atoms with Gasteiger partial charge in [-0.15, -0.1) is 0 Å². The largest absolute Gasteiger partial charge is 0.488 e. The van der Waals surface area contributed by atoms with E-state index in [4.69, 9.17) is 9.47 Å². The number of hydrogen-bond donors (Lipinski definition) is 1. The Hall–Kier alpha value is -2.86. The molecule has 0 radical (unpaired) electrons. The lowest BCUT2D eigenvalue weighted by molar-refractivity contribution is 0.0303. The van der Waals surface area contributed by atoms with Crippen molar-refractivity contribution in [2.45, 2.75) is 6.61 Å². The van der Waals surface area contributed by atoms with Crippen molar-refractivity contribution in [3.63, 3.8) is 0 Å². The maximum absolute atomic E-state index is 12.5. The molecule has 0 aliphatic carbocycles. The van der Waals surface area contributed by atoms with Gasteiger partial charge in [-0.3, -0.25) is 4.79 Å². The second-order valence-corrected chi connectivity index (χ2v) is 5.69. The first-order valence-electron chi connectivity index (χ1n) is 8.06. The highest BCUT2D eigenvalue weighted by molar-refractivity contribution is 5.99. The Bertz CT molecular complexity index is 754. The van der Waals surface area contributed by atoms with Gasteiger partial charge in [-0.2, -0.15) is 0 Å². The number of carbonyl (C=O) groups excluding carboxylic acids is 1. The minimum absolute atomic E-state index is 0.0185. The molecule has 1 N–H and O–H groups in total. The van der Waals surface area contributed by atoms with E-state index in [1.54, 1.807) is 17.0 Å². The van der Waals surface area contributed by atoms with Gasteiger partial charge in [0.25, 0.3) is 5.91 Å². The van der Waals surface area contributed by atoms with Gasteiger partial charge in [0.15, 0.2) is 0 Å². The molecule has 25 heavy (non-hydrogen) atoms. The Morgan fingerprint density at radius 1 is 1.08 bits per heavy atom. The van der Waals surface area contributed by atoms with E-state index >= 15 is 0 Å². The molecule has 0 saturated carbocycles. The highest BCUT2D eigenvalue weighted by atomic mass is 16.5. The molecule has 1 saturated heterocycles. The molecule has 6 nitrogen and oxygen atoms in total. The zero-order valence-electron chi connectivity index (χ0n) is 13.7. The van der Waals surface area contributed by atoms with Crippen LogP contribution in [-0.4, -0.2) is 48.2 Å². The minimum atomic E-state index is -1.13. The van der Waals surface area contributed by atoms with Gasteiger partial charge in [-0.25, -0.2) is 4.79 Å². The van der Waals surface area contributed by atoms with Gasteiger partial charge in [0.05, 0.1) is 13.2 Å². The maximum Gasteiger partial charge on any atom is 0.339 e. The number of benzene rings is 2. The highest BCUT2D eigenvalue weighted by Gasteiger charge is 2.21. The molecule has 1 fully saturated rings. The number of ether oxygens (including phenoxy) is 2. The van der Waals surface area contributed by atoms with Crippen molar-refractivity contribution in [1.29, 1.82) is 0 Å². The molecule has 2 aromatic rings. The van der Waals surface area contributed by atoms with Crippen LogP contribution in [0.5, 0.6) is 5.75 Å². The van der Waals surface area contributed by atoms with Gasteiger partial charge in [0, 0.05) is 18.7 Å². The van der Waals surface area contributed by atoms with E-state index in [9.17, 15) is 14.7 Å². The van der Waals surface area contributed by atoms with E-state index in [0.29, 0.717) is 31.9 Å². The molecular weight excluding hydrogens is 322 g/mol. The molecule has 1 amide bonds. The topological polar surface area (TPSA) is 76.1 Å². The van der Waals surface area contributed by atoms with Crippen molar-refractivity contribution >= 4 is 11.9 Å². The molecule has 1 aliphatic rings. The molecule has 1 heterocycles. The van der Waals surface area contributed by atoms with Gasteiger partial charge in [0.2, 0.25) is 0 Å². The number of aromatic carboxylic acids is 1. The first-order chi connectivity index (χ1) is 12.1. The summed E-state index contributed by atoms with van der Waals surface area (Å²) in [5.41, 5.74) is 1.26. The van der Waals surface area contributed by atoms with Crippen LogP contribution < -0.4 is 4.74 Å². The second-order valence-electron chi connectivity index (χ2n) is 5.69. The number of carboxylic acids is 1. The van der Waals surface area contributed by atoms with Crippen molar-refractivity contribution in [1.82, 2.24) is 4.90 Å². The summed E-state index contributed by atoms with van der Waals surface area (Å²) >= 11 is 0. The molecule has 6 heteroatoms. The Morgan fingerprint density at radius 2 is 1.80 bits per heavy atom. The molecule has 0 spiro atoms. The molecule has 0 unspecified atom stereocenters. The van der Waals surface area contributed by atoms with Crippen LogP contribution in [0.2, 0.25) is 0 Å². The van der Waals surface area contributed by atoms with Crippen LogP contribution in [0, 0.1) is 0 Å². The summed E-state index contributed by atoms with van der Waals surface area (Å²) in [6.45, 7) is 2.27. The first-order valence-corrected chi connectivity index (χ1v) is 8.06. The fourth-order valence-electron chi connectivity index (χ4n) is 2.64. The lowest BCUT2D eigenvalue weighted by Crippen LogP contribution is -2.40. The number of amides is 1. The SMILES string of the molecule is O=C(O)c1cc(C(=O)N2CCOCC2)ccc1OCc1ccccc1. The zero-order chi connectivity index (χ0) is 17.6. The molecule has 1 aliphatic heterocycles. The maximum atomic E-state index is 12.5. The number of carboxylic acid groups (broad SMARTS) is 1. The Morgan fingerprint density at radius 3 is 2.48 bits per heavy atom. The zero-order valence-corrected chi connectivity index (χ0v) is 13.7. The minimum Gasteiger partial charge on any atom is -0.488 e. The summed E-state index contributed by atoms with van der Waals surface area (Å²) in [5.74, 6) is -1.07. The summed E-state index contributed by atoms with van der Waals surface area (Å²) in [5, 5.41) is 9.45. The third-order valence-corrected chi connectivity index (χ3v) is 3.99. The number of rotatable bonds is 5. The number of nitrogens with zero attached hydrogens (tertiary/aromatic N) is 1. The van der Waals surface area contributed by atoms with E-state index in [0.717, 1.165) is 5.56 Å². The molecular formula is C19H19NO5. The number of morpholine rings is 1. The molecule has 130 valence electrons. The van der Waals surface area contributed by atoms with Crippen molar-refractivity contribution in [2.75, 3.05) is 26.3 Å². The van der Waals surface area contributed by atoms with E-state index in [2.05, 4.69) is 0 Å². The lowest BCUT2D eigenvalue weighted by Gasteiger charge is -2.27. The second kappa shape index (κ2) is 7.81. The van der Waals surface area contributed by atoms with E-state index in [1.807, 2.05) is 30.3 Å². The van der Waals surface area contributed by atoms with Crippen molar-refractivity contribution in [3.8, 4) is 5.75 Å². The lowest BCUT2D eigenvalue weighted by atomic mass is 10.1. The van der Waals surface area contributed by atoms with E-state index in [-0.39, 0.29) is 23.8 Å². The summed E-state index contributed by atoms with van der Waals surface area (Å²) in [6, 6.07) is 14.0. The normalized spacial score (nSPS) is 14.2. The summed E-state index contributed by atoms with van der Waals surface area (Å²) in [4.78, 5) is 25.7. The van der Waals surface area contributed by atoms with Gasteiger partial charge in [-0.05, 0) is 23.8 Å². The third kappa shape index (κ3) is 4.16. The van der Waals surface area contributed by atoms with E-state index < -0.39 is 5.97 Å². The fraction of sp³-hybridized carbons (Fsp3) is 0.263. The molecule has 3 rings (SSSR count). The predicted molar refractivity (Wildman–Crippen MR) is 90.9 cm³/mol. The van der Waals surface area contributed by atoms with Crippen LogP contribution in [0.25, 0.3) is 0 Å². The number of hydrogen-bond acceptors (Lipinski definition) is 4. The van der Waals surface area contributed by atoms with Gasteiger partial charge in [-0.1, -0.05) is 30.3 Å². The average molecular weight is 341 g/mol. The van der Waals surface area contributed by atoms with Crippen LogP contribution in [-0.2, 0) is 11.3 Å². The summed E-state index contributed by atoms with van der Waals surface area (Å²) in [6.07, 6.45) is 0. The average Bonchev–Trinajstić information content (AvgIpc) is 2.67. The Balaban J connectivity index is 1.78. The highest BCUT2D eigenvalue weighted by Crippen LogP contribution is 2.23. The predicted octanol–water partition coefficient (Wildman–Crippen LogP) is 2.44. The van der Waals surface area contributed by atoms with Gasteiger partial charge < -0.3 is 19.5 Å². The van der Waals surface area contributed by atoms with Crippen LogP contribution in [0.4, 0.5) is 0 Å². The molecule has 0 bridgehead atoms.